The van der Waals surface area contributed by atoms with E-state index in [0.717, 1.165) is 27.4 Å². The second-order valence-corrected chi connectivity index (χ2v) is 6.80. The standard InChI is InChI=1S/C18H16N4OS/c1-10-4-3-5-12(6-10)17-19-8-13(9-20-17)14-7-15(23)21-18-16(14)11(2)22-24-18/h3-6,8-9,14H,7H2,1-2H3,(H,21,23)/t14-/m0/s1. The second-order valence-electron chi connectivity index (χ2n) is 6.03. The van der Waals surface area contributed by atoms with Crippen LogP contribution in [0.15, 0.2) is 36.7 Å². The Kier molecular flexibility index (Phi) is 3.61. The Morgan fingerprint density at radius 3 is 2.75 bits per heavy atom. The molecule has 24 heavy (non-hydrogen) atoms. The molecular formula is C18H16N4OS. The number of carbonyl (C=O) groups excluding carboxylic acids is 1. The van der Waals surface area contributed by atoms with E-state index >= 15 is 0 Å². The van der Waals surface area contributed by atoms with E-state index in [0.29, 0.717) is 12.2 Å². The molecule has 1 N–H and O–H groups in total. The minimum absolute atomic E-state index is 0.0129. The van der Waals surface area contributed by atoms with Gasteiger partial charge in [0.15, 0.2) is 5.82 Å². The Bertz CT molecular complexity index is 917. The van der Waals surface area contributed by atoms with Crippen LogP contribution in [0.4, 0.5) is 5.00 Å². The van der Waals surface area contributed by atoms with E-state index in [4.69, 9.17) is 0 Å². The summed E-state index contributed by atoms with van der Waals surface area (Å²) in [5.41, 5.74) is 5.17. The lowest BCUT2D eigenvalue weighted by molar-refractivity contribution is -0.116. The van der Waals surface area contributed by atoms with Crippen molar-refractivity contribution in [1.29, 1.82) is 0 Å². The maximum absolute atomic E-state index is 12.0. The third-order valence-corrected chi connectivity index (χ3v) is 5.12. The first kappa shape index (κ1) is 15.0. The highest BCUT2D eigenvalue weighted by atomic mass is 32.1. The summed E-state index contributed by atoms with van der Waals surface area (Å²) in [5.74, 6) is 0.682. The Morgan fingerprint density at radius 1 is 1.21 bits per heavy atom. The molecule has 1 aromatic carbocycles. The van der Waals surface area contributed by atoms with E-state index in [1.54, 1.807) is 0 Å². The van der Waals surface area contributed by atoms with Gasteiger partial charge in [-0.3, -0.25) is 4.79 Å². The molecule has 120 valence electrons. The van der Waals surface area contributed by atoms with Crippen LogP contribution >= 0.6 is 11.5 Å². The van der Waals surface area contributed by atoms with E-state index in [-0.39, 0.29) is 11.8 Å². The summed E-state index contributed by atoms with van der Waals surface area (Å²) in [5, 5.41) is 3.74. The molecule has 5 nitrogen and oxygen atoms in total. The smallest absolute Gasteiger partial charge is 0.225 e. The summed E-state index contributed by atoms with van der Waals surface area (Å²) >= 11 is 1.33. The number of nitrogens with zero attached hydrogens (tertiary/aromatic N) is 3. The minimum Gasteiger partial charge on any atom is -0.316 e. The number of hydrogen-bond acceptors (Lipinski definition) is 5. The van der Waals surface area contributed by atoms with E-state index in [2.05, 4.69) is 25.7 Å². The van der Waals surface area contributed by atoms with Gasteiger partial charge in [0, 0.05) is 35.9 Å². The number of fused-ring (bicyclic) bond motifs is 1. The van der Waals surface area contributed by atoms with Crippen molar-refractivity contribution in [3.8, 4) is 11.4 Å². The van der Waals surface area contributed by atoms with Gasteiger partial charge >= 0.3 is 0 Å². The van der Waals surface area contributed by atoms with Crippen LogP contribution in [0.1, 0.15) is 34.7 Å². The molecule has 1 amide bonds. The molecular weight excluding hydrogens is 320 g/mol. The molecule has 2 aromatic heterocycles. The van der Waals surface area contributed by atoms with E-state index < -0.39 is 0 Å². The van der Waals surface area contributed by atoms with Crippen LogP contribution in [-0.4, -0.2) is 20.2 Å². The highest BCUT2D eigenvalue weighted by Crippen LogP contribution is 2.40. The van der Waals surface area contributed by atoms with Crippen LogP contribution in [0.5, 0.6) is 0 Å². The van der Waals surface area contributed by atoms with Crippen molar-refractivity contribution in [2.24, 2.45) is 0 Å². The molecule has 4 rings (SSSR count). The van der Waals surface area contributed by atoms with Crippen LogP contribution in [-0.2, 0) is 4.79 Å². The summed E-state index contributed by atoms with van der Waals surface area (Å²) in [6.45, 7) is 4.02. The van der Waals surface area contributed by atoms with Gasteiger partial charge in [0.1, 0.15) is 5.00 Å². The van der Waals surface area contributed by atoms with Crippen molar-refractivity contribution < 1.29 is 4.79 Å². The minimum atomic E-state index is -0.0286. The second kappa shape index (κ2) is 5.79. The van der Waals surface area contributed by atoms with Crippen LogP contribution in [0.3, 0.4) is 0 Å². The number of benzene rings is 1. The van der Waals surface area contributed by atoms with Gasteiger partial charge in [-0.15, -0.1) is 0 Å². The van der Waals surface area contributed by atoms with Crippen molar-refractivity contribution in [2.75, 3.05) is 5.32 Å². The highest BCUT2D eigenvalue weighted by molar-refractivity contribution is 7.10. The van der Waals surface area contributed by atoms with E-state index in [1.807, 2.05) is 44.4 Å². The maximum Gasteiger partial charge on any atom is 0.225 e. The Morgan fingerprint density at radius 2 is 2.00 bits per heavy atom. The van der Waals surface area contributed by atoms with E-state index in [1.165, 1.54) is 17.1 Å². The summed E-state index contributed by atoms with van der Waals surface area (Å²) in [6.07, 6.45) is 4.06. The van der Waals surface area contributed by atoms with Crippen LogP contribution in [0.2, 0.25) is 0 Å². The number of carbonyl (C=O) groups is 1. The monoisotopic (exact) mass is 336 g/mol. The molecule has 1 aliphatic heterocycles. The van der Waals surface area contributed by atoms with Crippen LogP contribution < -0.4 is 5.32 Å². The number of rotatable bonds is 2. The molecule has 0 unspecified atom stereocenters. The Labute approximate surface area is 144 Å². The molecule has 0 radical (unpaired) electrons. The molecule has 3 aromatic rings. The predicted octanol–water partition coefficient (Wildman–Crippen LogP) is 3.69. The summed E-state index contributed by atoms with van der Waals surface area (Å²) in [6, 6.07) is 8.11. The molecule has 1 aliphatic rings. The lowest BCUT2D eigenvalue weighted by Crippen LogP contribution is -2.22. The quantitative estimate of drug-likeness (QED) is 0.775. The molecule has 0 fully saturated rings. The maximum atomic E-state index is 12.0. The van der Waals surface area contributed by atoms with Crippen LogP contribution in [0.25, 0.3) is 11.4 Å². The number of aromatic nitrogens is 3. The average Bonchev–Trinajstić information content (AvgIpc) is 2.95. The SMILES string of the molecule is Cc1cccc(-c2ncc([C@@H]3CC(=O)Nc4snc(C)c43)cn2)c1. The summed E-state index contributed by atoms with van der Waals surface area (Å²) in [7, 11) is 0. The molecule has 0 bridgehead atoms. The first-order valence-electron chi connectivity index (χ1n) is 7.77. The van der Waals surface area contributed by atoms with Crippen molar-refractivity contribution in [2.45, 2.75) is 26.2 Å². The van der Waals surface area contributed by atoms with Gasteiger partial charge in [0.05, 0.1) is 5.69 Å². The largest absolute Gasteiger partial charge is 0.316 e. The summed E-state index contributed by atoms with van der Waals surface area (Å²) < 4.78 is 4.37. The number of aryl methyl sites for hydroxylation is 2. The van der Waals surface area contributed by atoms with Gasteiger partial charge in [0.2, 0.25) is 5.91 Å². The molecule has 0 saturated heterocycles. The van der Waals surface area contributed by atoms with Gasteiger partial charge in [0.25, 0.3) is 0 Å². The number of anilines is 1. The summed E-state index contributed by atoms with van der Waals surface area (Å²) in [4.78, 5) is 21.0. The number of nitrogens with one attached hydrogen (secondary N) is 1. The first-order chi connectivity index (χ1) is 11.6. The van der Waals surface area contributed by atoms with Gasteiger partial charge in [-0.1, -0.05) is 23.8 Å². The molecule has 3 heterocycles. The topological polar surface area (TPSA) is 67.8 Å². The zero-order valence-electron chi connectivity index (χ0n) is 13.4. The van der Waals surface area contributed by atoms with Gasteiger partial charge in [-0.25, -0.2) is 9.97 Å². The molecule has 0 spiro atoms. The normalized spacial score (nSPS) is 16.6. The molecule has 6 heteroatoms. The Balaban J connectivity index is 1.71. The fourth-order valence-electron chi connectivity index (χ4n) is 3.08. The molecule has 0 saturated carbocycles. The zero-order valence-corrected chi connectivity index (χ0v) is 14.2. The number of hydrogen-bond donors (Lipinski definition) is 1. The fraction of sp³-hybridized carbons (Fsp3) is 0.222. The van der Waals surface area contributed by atoms with Crippen LogP contribution in [0, 0.1) is 13.8 Å². The third kappa shape index (κ3) is 2.59. The van der Waals surface area contributed by atoms with Gasteiger partial charge in [-0.05, 0) is 37.0 Å². The molecule has 0 aliphatic carbocycles. The fourth-order valence-corrected chi connectivity index (χ4v) is 3.95. The molecule has 1 atom stereocenters. The lowest BCUT2D eigenvalue weighted by Gasteiger charge is -2.22. The van der Waals surface area contributed by atoms with Gasteiger partial charge < -0.3 is 5.32 Å². The Hall–Kier alpha value is -2.60. The average molecular weight is 336 g/mol. The lowest BCUT2D eigenvalue weighted by atomic mass is 9.88. The van der Waals surface area contributed by atoms with Crippen molar-refractivity contribution in [3.63, 3.8) is 0 Å². The number of amides is 1. The van der Waals surface area contributed by atoms with E-state index in [9.17, 15) is 4.79 Å². The third-order valence-electron chi connectivity index (χ3n) is 4.25. The van der Waals surface area contributed by atoms with Gasteiger partial charge in [-0.2, -0.15) is 4.37 Å². The van der Waals surface area contributed by atoms with Crippen molar-refractivity contribution in [3.05, 3.63) is 59.0 Å². The van der Waals surface area contributed by atoms with Crippen molar-refractivity contribution >= 4 is 22.4 Å². The first-order valence-corrected chi connectivity index (χ1v) is 8.54. The van der Waals surface area contributed by atoms with Crippen molar-refractivity contribution in [1.82, 2.24) is 14.3 Å². The zero-order chi connectivity index (χ0) is 16.7. The predicted molar refractivity (Wildman–Crippen MR) is 94.1 cm³/mol. The highest BCUT2D eigenvalue weighted by Gasteiger charge is 2.30.